The third kappa shape index (κ3) is 4.17. The molecule has 1 fully saturated rings. The molecule has 0 aliphatic carbocycles. The molecule has 11 heteroatoms. The van der Waals surface area contributed by atoms with Crippen LogP contribution in [0.2, 0.25) is 0 Å². The quantitative estimate of drug-likeness (QED) is 0.635. The average molecular weight is 365 g/mol. The van der Waals surface area contributed by atoms with Crippen molar-refractivity contribution < 1.29 is 18.4 Å². The number of aromatic nitrogens is 4. The second kappa shape index (κ2) is 7.95. The molecule has 1 aliphatic rings. The van der Waals surface area contributed by atoms with Gasteiger partial charge >= 0.3 is 0 Å². The van der Waals surface area contributed by atoms with E-state index < -0.39 is 17.7 Å². The molecule has 0 saturated carbocycles. The second-order valence-electron chi connectivity index (χ2n) is 5.80. The molecule has 9 nitrogen and oxygen atoms in total. The summed E-state index contributed by atoms with van der Waals surface area (Å²) in [5, 5.41) is 18.3. The van der Waals surface area contributed by atoms with Crippen molar-refractivity contribution >= 4 is 11.8 Å². The maximum atomic E-state index is 13.9. The van der Waals surface area contributed by atoms with Gasteiger partial charge in [0.05, 0.1) is 19.0 Å². The van der Waals surface area contributed by atoms with Crippen LogP contribution >= 0.6 is 0 Å². The lowest BCUT2D eigenvalue weighted by atomic mass is 10.1. The first-order valence-corrected chi connectivity index (χ1v) is 7.98. The van der Waals surface area contributed by atoms with Gasteiger partial charge in [0.2, 0.25) is 11.8 Å². The number of aromatic amines is 1. The first-order valence-electron chi connectivity index (χ1n) is 7.98. The van der Waals surface area contributed by atoms with Gasteiger partial charge in [0.25, 0.3) is 0 Å². The SMILES string of the molecule is O=C(C[C@H]1C(=O)NCCN1Cc1cccc(F)c1F)NCc1nn[nH]n1. The fourth-order valence-electron chi connectivity index (χ4n) is 2.75. The van der Waals surface area contributed by atoms with E-state index in [-0.39, 0.29) is 36.9 Å². The minimum Gasteiger partial charge on any atom is -0.353 e. The van der Waals surface area contributed by atoms with E-state index in [1.807, 2.05) is 0 Å². The number of hydrogen-bond donors (Lipinski definition) is 3. The van der Waals surface area contributed by atoms with E-state index in [0.29, 0.717) is 18.9 Å². The van der Waals surface area contributed by atoms with E-state index >= 15 is 0 Å². The van der Waals surface area contributed by atoms with Crippen LogP contribution in [-0.2, 0) is 22.7 Å². The molecule has 2 amide bonds. The number of rotatable bonds is 6. The number of benzene rings is 1. The van der Waals surface area contributed by atoms with Crippen molar-refractivity contribution in [2.45, 2.75) is 25.6 Å². The van der Waals surface area contributed by atoms with Crippen LogP contribution in [0.5, 0.6) is 0 Å². The Morgan fingerprint density at radius 3 is 3.00 bits per heavy atom. The van der Waals surface area contributed by atoms with Gasteiger partial charge in [0.15, 0.2) is 17.5 Å². The fraction of sp³-hybridized carbons (Fsp3) is 0.400. The predicted octanol–water partition coefficient (Wildman–Crippen LogP) is -0.515. The van der Waals surface area contributed by atoms with Crippen LogP contribution < -0.4 is 10.6 Å². The highest BCUT2D eigenvalue weighted by Crippen LogP contribution is 2.18. The average Bonchev–Trinajstić information content (AvgIpc) is 3.14. The van der Waals surface area contributed by atoms with E-state index in [9.17, 15) is 18.4 Å². The normalized spacial score (nSPS) is 17.8. The molecule has 3 N–H and O–H groups in total. The number of hydrogen-bond acceptors (Lipinski definition) is 6. The fourth-order valence-corrected chi connectivity index (χ4v) is 2.75. The lowest BCUT2D eigenvalue weighted by Crippen LogP contribution is -2.56. The highest BCUT2D eigenvalue weighted by atomic mass is 19.2. The van der Waals surface area contributed by atoms with Crippen molar-refractivity contribution in [3.8, 4) is 0 Å². The number of nitrogens with one attached hydrogen (secondary N) is 3. The minimum atomic E-state index is -0.946. The summed E-state index contributed by atoms with van der Waals surface area (Å²) in [4.78, 5) is 26.0. The molecule has 0 spiro atoms. The molecule has 3 rings (SSSR count). The number of tetrazole rings is 1. The second-order valence-corrected chi connectivity index (χ2v) is 5.80. The van der Waals surface area contributed by atoms with Crippen molar-refractivity contribution in [1.82, 2.24) is 36.2 Å². The Morgan fingerprint density at radius 2 is 2.23 bits per heavy atom. The largest absolute Gasteiger partial charge is 0.353 e. The maximum absolute atomic E-state index is 13.9. The molecule has 0 bridgehead atoms. The molecule has 2 heterocycles. The van der Waals surface area contributed by atoms with Gasteiger partial charge < -0.3 is 10.6 Å². The summed E-state index contributed by atoms with van der Waals surface area (Å²) in [6.45, 7) is 0.892. The van der Waals surface area contributed by atoms with Gasteiger partial charge in [-0.2, -0.15) is 5.21 Å². The molecule has 0 unspecified atom stereocenters. The third-order valence-electron chi connectivity index (χ3n) is 4.06. The zero-order chi connectivity index (χ0) is 18.5. The summed E-state index contributed by atoms with van der Waals surface area (Å²) < 4.78 is 27.3. The highest BCUT2D eigenvalue weighted by molar-refractivity contribution is 5.88. The standard InChI is InChI=1S/C15H17F2N7O2/c16-10-3-1-2-9(14(10)17)8-24-5-4-18-15(26)11(24)6-13(25)19-7-12-20-22-23-21-12/h1-3,11H,4-8H2,(H,18,26)(H,19,25)(H,20,21,22,23)/t11-/m0/s1. The van der Waals surface area contributed by atoms with Crippen molar-refractivity contribution in [2.24, 2.45) is 0 Å². The van der Waals surface area contributed by atoms with Gasteiger partial charge in [-0.05, 0) is 6.07 Å². The summed E-state index contributed by atoms with van der Waals surface area (Å²) in [6.07, 6.45) is -0.124. The van der Waals surface area contributed by atoms with Crippen molar-refractivity contribution in [3.63, 3.8) is 0 Å². The van der Waals surface area contributed by atoms with E-state index in [2.05, 4.69) is 31.3 Å². The number of H-pyrrole nitrogens is 1. The Morgan fingerprint density at radius 1 is 1.38 bits per heavy atom. The molecule has 1 saturated heterocycles. The number of amides is 2. The summed E-state index contributed by atoms with van der Waals surface area (Å²) in [5.74, 6) is -2.30. The topological polar surface area (TPSA) is 116 Å². The molecule has 2 aromatic rings. The van der Waals surface area contributed by atoms with Crippen LogP contribution in [0.4, 0.5) is 8.78 Å². The summed E-state index contributed by atoms with van der Waals surface area (Å²) >= 11 is 0. The number of carbonyl (C=O) groups excluding carboxylic acids is 2. The number of nitrogens with zero attached hydrogens (tertiary/aromatic N) is 4. The van der Waals surface area contributed by atoms with E-state index in [0.717, 1.165) is 6.07 Å². The maximum Gasteiger partial charge on any atom is 0.237 e. The van der Waals surface area contributed by atoms with Crippen LogP contribution in [0.15, 0.2) is 18.2 Å². The van der Waals surface area contributed by atoms with Crippen LogP contribution in [-0.4, -0.2) is 56.5 Å². The Balaban J connectivity index is 1.65. The van der Waals surface area contributed by atoms with Gasteiger partial charge in [0.1, 0.15) is 0 Å². The number of halogens is 2. The summed E-state index contributed by atoms with van der Waals surface area (Å²) in [5.41, 5.74) is 0.136. The smallest absolute Gasteiger partial charge is 0.237 e. The molecule has 1 atom stereocenters. The van der Waals surface area contributed by atoms with Crippen LogP contribution in [0.25, 0.3) is 0 Å². The van der Waals surface area contributed by atoms with Crippen molar-refractivity contribution in [3.05, 3.63) is 41.2 Å². The first kappa shape index (κ1) is 17.9. The molecular formula is C15H17F2N7O2. The molecule has 1 aromatic heterocycles. The van der Waals surface area contributed by atoms with Gasteiger partial charge in [-0.25, -0.2) is 8.78 Å². The third-order valence-corrected chi connectivity index (χ3v) is 4.06. The van der Waals surface area contributed by atoms with Gasteiger partial charge in [0, 0.05) is 25.2 Å². The van der Waals surface area contributed by atoms with Crippen LogP contribution in [0, 0.1) is 11.6 Å². The minimum absolute atomic E-state index is 0.0276. The van der Waals surface area contributed by atoms with Crippen LogP contribution in [0.1, 0.15) is 17.8 Å². The summed E-state index contributed by atoms with van der Waals surface area (Å²) in [6, 6.07) is 3.12. The van der Waals surface area contributed by atoms with Gasteiger partial charge in [-0.1, -0.05) is 17.3 Å². The van der Waals surface area contributed by atoms with E-state index in [4.69, 9.17) is 0 Å². The van der Waals surface area contributed by atoms with E-state index in [1.165, 1.54) is 12.1 Å². The van der Waals surface area contributed by atoms with Crippen molar-refractivity contribution in [2.75, 3.05) is 13.1 Å². The van der Waals surface area contributed by atoms with Gasteiger partial charge in [-0.15, -0.1) is 10.2 Å². The Kier molecular flexibility index (Phi) is 5.46. The Hall–Kier alpha value is -2.95. The summed E-state index contributed by atoms with van der Waals surface area (Å²) in [7, 11) is 0. The monoisotopic (exact) mass is 365 g/mol. The van der Waals surface area contributed by atoms with Crippen LogP contribution in [0.3, 0.4) is 0 Å². The lowest BCUT2D eigenvalue weighted by Gasteiger charge is -2.34. The molecule has 26 heavy (non-hydrogen) atoms. The molecular weight excluding hydrogens is 348 g/mol. The molecule has 0 radical (unpaired) electrons. The number of carbonyl (C=O) groups is 2. The Labute approximate surface area is 147 Å². The zero-order valence-corrected chi connectivity index (χ0v) is 13.7. The Bertz CT molecular complexity index is 784. The van der Waals surface area contributed by atoms with Crippen molar-refractivity contribution in [1.29, 1.82) is 0 Å². The lowest BCUT2D eigenvalue weighted by molar-refractivity contribution is -0.134. The first-order chi connectivity index (χ1) is 12.5. The molecule has 1 aliphatic heterocycles. The zero-order valence-electron chi connectivity index (χ0n) is 13.7. The van der Waals surface area contributed by atoms with E-state index in [1.54, 1.807) is 4.90 Å². The number of piperazine rings is 1. The molecule has 138 valence electrons. The predicted molar refractivity (Wildman–Crippen MR) is 84.2 cm³/mol. The molecule has 1 aromatic carbocycles. The van der Waals surface area contributed by atoms with Gasteiger partial charge in [-0.3, -0.25) is 14.5 Å². The highest BCUT2D eigenvalue weighted by Gasteiger charge is 2.32.